The first-order valence-corrected chi connectivity index (χ1v) is 7.21. The largest absolute Gasteiger partial charge is 0.367 e. The molecule has 0 aromatic carbocycles. The van der Waals surface area contributed by atoms with Gasteiger partial charge in [0.2, 0.25) is 0 Å². The molecule has 1 aliphatic heterocycles. The summed E-state index contributed by atoms with van der Waals surface area (Å²) < 4.78 is 18.9. The quantitative estimate of drug-likeness (QED) is 0.843. The Morgan fingerprint density at radius 2 is 2.26 bits per heavy atom. The zero-order valence-electron chi connectivity index (χ0n) is 10.6. The Balaban J connectivity index is 1.80. The van der Waals surface area contributed by atoms with Gasteiger partial charge in [-0.15, -0.1) is 0 Å². The van der Waals surface area contributed by atoms with Crippen molar-refractivity contribution >= 4 is 17.2 Å². The second-order valence-electron chi connectivity index (χ2n) is 4.73. The molecule has 3 heterocycles. The Bertz CT molecular complexity index is 529. The average Bonchev–Trinajstić information content (AvgIpc) is 2.93. The Kier molecular flexibility index (Phi) is 3.48. The summed E-state index contributed by atoms with van der Waals surface area (Å²) in [6.45, 7) is 3.58. The van der Waals surface area contributed by atoms with Crippen LogP contribution in [-0.2, 0) is 4.74 Å². The molecule has 2 aromatic rings. The molecule has 1 fully saturated rings. The minimum atomic E-state index is -0.306. The summed E-state index contributed by atoms with van der Waals surface area (Å²) in [5, 5.41) is 4.16. The summed E-state index contributed by atoms with van der Waals surface area (Å²) in [6, 6.07) is 5.25. The van der Waals surface area contributed by atoms with E-state index in [4.69, 9.17) is 4.74 Å². The molecule has 0 spiro atoms. The molecule has 0 unspecified atom stereocenters. The maximum Gasteiger partial charge on any atom is 0.141 e. The molecule has 0 N–H and O–H groups in total. The summed E-state index contributed by atoms with van der Waals surface area (Å²) in [7, 11) is 0. The van der Waals surface area contributed by atoms with E-state index in [1.807, 2.05) is 0 Å². The molecule has 3 rings (SSSR count). The van der Waals surface area contributed by atoms with Gasteiger partial charge in [0.25, 0.3) is 0 Å². The fourth-order valence-electron chi connectivity index (χ4n) is 2.34. The van der Waals surface area contributed by atoms with E-state index in [0.29, 0.717) is 0 Å². The highest BCUT2D eigenvalue weighted by Crippen LogP contribution is 2.28. The maximum absolute atomic E-state index is 12.9. The van der Waals surface area contributed by atoms with Crippen molar-refractivity contribution < 1.29 is 9.13 Å². The number of hydrogen-bond donors (Lipinski definition) is 0. The number of anilines is 1. The standard InChI is InChI=1S/C14H15FN2OS/c1-10-7-17(14-3-2-12(15)6-16-14)8-13(18-10)11-4-5-19-9-11/h2-6,9-10,13H,7-8H2,1H3/t10-,13-/m1/s1. The van der Waals surface area contributed by atoms with Crippen LogP contribution in [0.5, 0.6) is 0 Å². The molecular weight excluding hydrogens is 263 g/mol. The molecule has 0 amide bonds. The second-order valence-corrected chi connectivity index (χ2v) is 5.51. The Labute approximate surface area is 115 Å². The van der Waals surface area contributed by atoms with Crippen molar-refractivity contribution in [1.82, 2.24) is 4.98 Å². The van der Waals surface area contributed by atoms with Gasteiger partial charge in [0.05, 0.1) is 12.3 Å². The summed E-state index contributed by atoms with van der Waals surface area (Å²) in [5.74, 6) is 0.497. The van der Waals surface area contributed by atoms with Gasteiger partial charge in [-0.3, -0.25) is 0 Å². The van der Waals surface area contributed by atoms with Crippen LogP contribution in [0, 0.1) is 5.82 Å². The summed E-state index contributed by atoms with van der Waals surface area (Å²) >= 11 is 1.67. The van der Waals surface area contributed by atoms with Gasteiger partial charge in [-0.25, -0.2) is 9.37 Å². The Hall–Kier alpha value is -1.46. The van der Waals surface area contributed by atoms with Crippen LogP contribution in [-0.4, -0.2) is 24.2 Å². The van der Waals surface area contributed by atoms with E-state index >= 15 is 0 Å². The van der Waals surface area contributed by atoms with Crippen LogP contribution in [0.2, 0.25) is 0 Å². The molecule has 2 aromatic heterocycles. The van der Waals surface area contributed by atoms with Gasteiger partial charge >= 0.3 is 0 Å². The van der Waals surface area contributed by atoms with Crippen LogP contribution in [0.15, 0.2) is 35.2 Å². The minimum absolute atomic E-state index is 0.0573. The normalized spacial score (nSPS) is 23.6. The molecule has 3 nitrogen and oxygen atoms in total. The van der Waals surface area contributed by atoms with E-state index in [0.717, 1.165) is 18.9 Å². The van der Waals surface area contributed by atoms with E-state index in [1.165, 1.54) is 17.8 Å². The first-order valence-electron chi connectivity index (χ1n) is 6.26. The molecule has 0 radical (unpaired) electrons. The average molecular weight is 278 g/mol. The van der Waals surface area contributed by atoms with Crippen LogP contribution in [0.4, 0.5) is 10.2 Å². The molecule has 5 heteroatoms. The summed E-state index contributed by atoms with van der Waals surface area (Å²) in [4.78, 5) is 6.30. The van der Waals surface area contributed by atoms with E-state index in [1.54, 1.807) is 17.4 Å². The number of morpholine rings is 1. The molecule has 0 saturated carbocycles. The Morgan fingerprint density at radius 1 is 1.37 bits per heavy atom. The third kappa shape index (κ3) is 2.77. The third-order valence-electron chi connectivity index (χ3n) is 3.21. The smallest absolute Gasteiger partial charge is 0.141 e. The minimum Gasteiger partial charge on any atom is -0.367 e. The number of aromatic nitrogens is 1. The maximum atomic E-state index is 12.9. The number of nitrogens with zero attached hydrogens (tertiary/aromatic N) is 2. The second kappa shape index (κ2) is 5.27. The van der Waals surface area contributed by atoms with Crippen molar-refractivity contribution in [3.63, 3.8) is 0 Å². The SMILES string of the molecule is C[C@@H]1CN(c2ccc(F)cn2)C[C@H](c2ccsc2)O1. The monoisotopic (exact) mass is 278 g/mol. The van der Waals surface area contributed by atoms with E-state index in [9.17, 15) is 4.39 Å². The molecule has 19 heavy (non-hydrogen) atoms. The lowest BCUT2D eigenvalue weighted by atomic mass is 10.1. The number of hydrogen-bond acceptors (Lipinski definition) is 4. The molecule has 100 valence electrons. The van der Waals surface area contributed by atoms with Crippen molar-refractivity contribution in [3.05, 3.63) is 46.5 Å². The van der Waals surface area contributed by atoms with Crippen molar-refractivity contribution in [1.29, 1.82) is 0 Å². The molecule has 0 bridgehead atoms. The van der Waals surface area contributed by atoms with Gasteiger partial charge < -0.3 is 9.64 Å². The Morgan fingerprint density at radius 3 is 2.95 bits per heavy atom. The molecule has 1 saturated heterocycles. The van der Waals surface area contributed by atoms with Crippen LogP contribution < -0.4 is 4.90 Å². The fraction of sp³-hybridized carbons (Fsp3) is 0.357. The van der Waals surface area contributed by atoms with Crippen LogP contribution in [0.25, 0.3) is 0 Å². The van der Waals surface area contributed by atoms with Crippen LogP contribution in [0.3, 0.4) is 0 Å². The lowest BCUT2D eigenvalue weighted by molar-refractivity contribution is -0.0174. The van der Waals surface area contributed by atoms with E-state index in [-0.39, 0.29) is 18.0 Å². The number of rotatable bonds is 2. The first-order chi connectivity index (χ1) is 9.22. The predicted molar refractivity (Wildman–Crippen MR) is 74.0 cm³/mol. The first kappa shape index (κ1) is 12.6. The van der Waals surface area contributed by atoms with E-state index < -0.39 is 0 Å². The number of halogens is 1. The van der Waals surface area contributed by atoms with Crippen molar-refractivity contribution in [3.8, 4) is 0 Å². The summed E-state index contributed by atoms with van der Waals surface area (Å²) in [5.41, 5.74) is 1.20. The van der Waals surface area contributed by atoms with Gasteiger partial charge in [0.15, 0.2) is 0 Å². The van der Waals surface area contributed by atoms with Gasteiger partial charge in [-0.2, -0.15) is 11.3 Å². The number of thiophene rings is 1. The van der Waals surface area contributed by atoms with Gasteiger partial charge in [-0.05, 0) is 41.4 Å². The highest BCUT2D eigenvalue weighted by Gasteiger charge is 2.27. The summed E-state index contributed by atoms with van der Waals surface area (Å²) in [6.07, 6.45) is 1.45. The third-order valence-corrected chi connectivity index (χ3v) is 3.91. The fourth-order valence-corrected chi connectivity index (χ4v) is 3.04. The molecule has 1 aliphatic rings. The topological polar surface area (TPSA) is 25.4 Å². The number of ether oxygens (including phenoxy) is 1. The van der Waals surface area contributed by atoms with E-state index in [2.05, 4.69) is 33.6 Å². The zero-order chi connectivity index (χ0) is 13.2. The lowest BCUT2D eigenvalue weighted by Gasteiger charge is -2.37. The van der Waals surface area contributed by atoms with Gasteiger partial charge in [0.1, 0.15) is 17.7 Å². The molecule has 2 atom stereocenters. The van der Waals surface area contributed by atoms with Gasteiger partial charge in [-0.1, -0.05) is 0 Å². The van der Waals surface area contributed by atoms with Crippen molar-refractivity contribution in [2.24, 2.45) is 0 Å². The van der Waals surface area contributed by atoms with Gasteiger partial charge in [0, 0.05) is 13.1 Å². The predicted octanol–water partition coefficient (Wildman–Crippen LogP) is 3.25. The highest BCUT2D eigenvalue weighted by molar-refractivity contribution is 7.07. The molecular formula is C14H15FN2OS. The van der Waals surface area contributed by atoms with Crippen molar-refractivity contribution in [2.75, 3.05) is 18.0 Å². The highest BCUT2D eigenvalue weighted by atomic mass is 32.1. The van der Waals surface area contributed by atoms with Crippen molar-refractivity contribution in [2.45, 2.75) is 19.1 Å². The lowest BCUT2D eigenvalue weighted by Crippen LogP contribution is -2.43. The van der Waals surface area contributed by atoms with Crippen LogP contribution >= 0.6 is 11.3 Å². The van der Waals surface area contributed by atoms with Crippen LogP contribution in [0.1, 0.15) is 18.6 Å². The number of pyridine rings is 1. The zero-order valence-corrected chi connectivity index (χ0v) is 11.4. The molecule has 0 aliphatic carbocycles.